The summed E-state index contributed by atoms with van der Waals surface area (Å²) in [5, 5.41) is 8.17. The first-order valence-electron chi connectivity index (χ1n) is 5.04. The number of carbonyl (C=O) groups excluding carboxylic acids is 1. The molecule has 16 heavy (non-hydrogen) atoms. The van der Waals surface area contributed by atoms with E-state index in [1.165, 1.54) is 6.92 Å². The third-order valence-corrected chi connectivity index (χ3v) is 6.67. The number of carbonyl (C=O) groups is 2. The lowest BCUT2D eigenvalue weighted by Gasteiger charge is -2.35. The summed E-state index contributed by atoms with van der Waals surface area (Å²) in [5.74, 6) is -1.64. The molecule has 0 spiro atoms. The van der Waals surface area contributed by atoms with Crippen molar-refractivity contribution < 1.29 is 23.1 Å². The van der Waals surface area contributed by atoms with Crippen molar-refractivity contribution in [2.75, 3.05) is 0 Å². The number of nitrogens with zero attached hydrogens (tertiary/aromatic N) is 1. The number of rotatable bonds is 2. The Labute approximate surface area is 93.1 Å². The summed E-state index contributed by atoms with van der Waals surface area (Å²) in [6.07, 6.45) is 0.105. The second-order valence-electron chi connectivity index (χ2n) is 4.41. The van der Waals surface area contributed by atoms with Gasteiger partial charge in [-0.3, -0.25) is 4.79 Å². The number of aliphatic carboxylic acids is 1. The van der Waals surface area contributed by atoms with E-state index in [2.05, 4.69) is 0 Å². The Hall–Kier alpha value is -1.11. The van der Waals surface area contributed by atoms with Crippen LogP contribution < -0.4 is 0 Å². The first-order chi connectivity index (χ1) is 7.27. The standard InChI is InChI=1S/C9H13NO5S/c1-3-9(2)7(8(12)13)10-5(11)4-6(10)16(9,14)15/h6-7H,3-4H2,1-2H3,(H,12,13). The van der Waals surface area contributed by atoms with E-state index < -0.39 is 37.9 Å². The van der Waals surface area contributed by atoms with Gasteiger partial charge in [0, 0.05) is 0 Å². The lowest BCUT2D eigenvalue weighted by atomic mass is 9.94. The predicted octanol–water partition coefficient (Wildman–Crippen LogP) is -0.405. The van der Waals surface area contributed by atoms with Gasteiger partial charge in [0.1, 0.15) is 16.2 Å². The van der Waals surface area contributed by atoms with Gasteiger partial charge in [-0.25, -0.2) is 13.2 Å². The van der Waals surface area contributed by atoms with Crippen molar-refractivity contribution in [1.82, 2.24) is 4.90 Å². The van der Waals surface area contributed by atoms with Crippen LogP contribution in [0.25, 0.3) is 0 Å². The molecule has 0 aromatic rings. The number of β-lactam (4-membered cyclic amide) rings is 1. The zero-order chi connectivity index (χ0) is 12.3. The minimum atomic E-state index is -3.58. The summed E-state index contributed by atoms with van der Waals surface area (Å²) < 4.78 is 22.9. The average Bonchev–Trinajstić information content (AvgIpc) is 2.32. The summed E-state index contributed by atoms with van der Waals surface area (Å²) in [7, 11) is -3.58. The van der Waals surface area contributed by atoms with Gasteiger partial charge < -0.3 is 10.0 Å². The van der Waals surface area contributed by atoms with Gasteiger partial charge in [-0.15, -0.1) is 0 Å². The normalized spacial score (nSPS) is 40.4. The first kappa shape index (κ1) is 11.4. The fourth-order valence-corrected chi connectivity index (χ4v) is 4.96. The van der Waals surface area contributed by atoms with Crippen LogP contribution in [-0.2, 0) is 19.4 Å². The average molecular weight is 247 g/mol. The van der Waals surface area contributed by atoms with Gasteiger partial charge in [-0.05, 0) is 13.3 Å². The monoisotopic (exact) mass is 247 g/mol. The third-order valence-electron chi connectivity index (χ3n) is 3.75. The Morgan fingerprint density at radius 2 is 2.19 bits per heavy atom. The number of amides is 1. The molecule has 3 atom stereocenters. The highest BCUT2D eigenvalue weighted by Gasteiger charge is 2.69. The number of hydrogen-bond donors (Lipinski definition) is 1. The van der Waals surface area contributed by atoms with E-state index in [0.717, 1.165) is 4.90 Å². The van der Waals surface area contributed by atoms with Crippen molar-refractivity contribution in [2.24, 2.45) is 0 Å². The molecule has 2 aliphatic rings. The molecule has 0 aliphatic carbocycles. The molecule has 0 radical (unpaired) electrons. The number of hydrogen-bond acceptors (Lipinski definition) is 4. The number of sulfone groups is 1. The quantitative estimate of drug-likeness (QED) is 0.670. The second-order valence-corrected chi connectivity index (χ2v) is 6.98. The van der Waals surface area contributed by atoms with Crippen molar-refractivity contribution in [3.8, 4) is 0 Å². The van der Waals surface area contributed by atoms with Crippen molar-refractivity contribution in [1.29, 1.82) is 0 Å². The van der Waals surface area contributed by atoms with E-state index >= 15 is 0 Å². The number of fused-ring (bicyclic) bond motifs is 1. The molecule has 0 bridgehead atoms. The maximum Gasteiger partial charge on any atom is 0.328 e. The molecule has 2 aliphatic heterocycles. The Morgan fingerprint density at radius 1 is 1.62 bits per heavy atom. The summed E-state index contributed by atoms with van der Waals surface area (Å²) in [6, 6.07) is -1.24. The van der Waals surface area contributed by atoms with Gasteiger partial charge in [-0.2, -0.15) is 0 Å². The molecule has 2 heterocycles. The lowest BCUT2D eigenvalue weighted by Crippen LogP contribution is -2.57. The Kier molecular flexibility index (Phi) is 2.11. The molecule has 0 aromatic carbocycles. The van der Waals surface area contributed by atoms with Crippen molar-refractivity contribution >= 4 is 21.7 Å². The molecule has 1 N–H and O–H groups in total. The number of carboxylic acids is 1. The molecule has 2 saturated heterocycles. The molecule has 0 saturated carbocycles. The predicted molar refractivity (Wildman–Crippen MR) is 54.3 cm³/mol. The SMILES string of the molecule is CCC1(C)C(C(=O)O)N2C(=O)CC2S1(=O)=O. The number of carboxylic acid groups (broad SMARTS) is 1. The van der Waals surface area contributed by atoms with E-state index in [1.807, 2.05) is 0 Å². The molecule has 2 fully saturated rings. The van der Waals surface area contributed by atoms with Crippen LogP contribution in [0.3, 0.4) is 0 Å². The maximum absolute atomic E-state index is 12.1. The van der Waals surface area contributed by atoms with Gasteiger partial charge in [0.05, 0.1) is 6.42 Å². The van der Waals surface area contributed by atoms with Crippen LogP contribution >= 0.6 is 0 Å². The van der Waals surface area contributed by atoms with Crippen molar-refractivity contribution in [2.45, 2.75) is 42.9 Å². The minimum Gasteiger partial charge on any atom is -0.480 e. The van der Waals surface area contributed by atoms with Crippen molar-refractivity contribution in [3.05, 3.63) is 0 Å². The van der Waals surface area contributed by atoms with Crippen molar-refractivity contribution in [3.63, 3.8) is 0 Å². The van der Waals surface area contributed by atoms with E-state index in [4.69, 9.17) is 5.11 Å². The third kappa shape index (κ3) is 0.991. The maximum atomic E-state index is 12.1. The Balaban J connectivity index is 2.59. The van der Waals surface area contributed by atoms with Crippen LogP contribution in [0.15, 0.2) is 0 Å². The molecular formula is C9H13NO5S. The summed E-state index contributed by atoms with van der Waals surface area (Å²) in [4.78, 5) is 23.5. The van der Waals surface area contributed by atoms with Gasteiger partial charge >= 0.3 is 5.97 Å². The van der Waals surface area contributed by atoms with Gasteiger partial charge in [0.2, 0.25) is 5.91 Å². The largest absolute Gasteiger partial charge is 0.480 e. The summed E-state index contributed by atoms with van der Waals surface area (Å²) >= 11 is 0. The van der Waals surface area contributed by atoms with Gasteiger partial charge in [-0.1, -0.05) is 6.92 Å². The van der Waals surface area contributed by atoms with Crippen LogP contribution in [0, 0.1) is 0 Å². The topological polar surface area (TPSA) is 91.8 Å². The van der Waals surface area contributed by atoms with E-state index in [-0.39, 0.29) is 12.8 Å². The summed E-state index contributed by atoms with van der Waals surface area (Å²) in [6.45, 7) is 3.04. The van der Waals surface area contributed by atoms with Crippen LogP contribution in [0.1, 0.15) is 26.7 Å². The highest BCUT2D eigenvalue weighted by molar-refractivity contribution is 7.93. The van der Waals surface area contributed by atoms with E-state index in [1.54, 1.807) is 6.92 Å². The molecular weight excluding hydrogens is 234 g/mol. The second kappa shape index (κ2) is 2.97. The summed E-state index contributed by atoms with van der Waals surface area (Å²) in [5.41, 5.74) is 0. The molecule has 6 nitrogen and oxygen atoms in total. The molecule has 90 valence electrons. The van der Waals surface area contributed by atoms with Crippen LogP contribution in [0.2, 0.25) is 0 Å². The van der Waals surface area contributed by atoms with Crippen LogP contribution in [0.5, 0.6) is 0 Å². The highest BCUT2D eigenvalue weighted by atomic mass is 32.2. The van der Waals surface area contributed by atoms with Gasteiger partial charge in [0.25, 0.3) is 0 Å². The fraction of sp³-hybridized carbons (Fsp3) is 0.778. The van der Waals surface area contributed by atoms with E-state index in [9.17, 15) is 18.0 Å². The van der Waals surface area contributed by atoms with Gasteiger partial charge in [0.15, 0.2) is 9.84 Å². The molecule has 3 unspecified atom stereocenters. The van der Waals surface area contributed by atoms with Crippen LogP contribution in [-0.4, -0.2) is 46.5 Å². The van der Waals surface area contributed by atoms with E-state index in [0.29, 0.717) is 0 Å². The zero-order valence-corrected chi connectivity index (χ0v) is 9.82. The molecule has 2 rings (SSSR count). The highest BCUT2D eigenvalue weighted by Crippen LogP contribution is 2.47. The lowest BCUT2D eigenvalue weighted by molar-refractivity contribution is -0.157. The van der Waals surface area contributed by atoms with Crippen LogP contribution in [0.4, 0.5) is 0 Å². The minimum absolute atomic E-state index is 0.0816. The molecule has 0 aromatic heterocycles. The molecule has 1 amide bonds. The smallest absolute Gasteiger partial charge is 0.328 e. The molecule has 7 heteroatoms. The fourth-order valence-electron chi connectivity index (χ4n) is 2.51. The Morgan fingerprint density at radius 3 is 2.56 bits per heavy atom. The Bertz CT molecular complexity index is 470. The zero-order valence-electron chi connectivity index (χ0n) is 9.00. The first-order valence-corrected chi connectivity index (χ1v) is 6.59.